The summed E-state index contributed by atoms with van der Waals surface area (Å²) >= 11 is 0. The molecule has 3 atom stereocenters. The van der Waals surface area contributed by atoms with Crippen LogP contribution in [-0.4, -0.2) is 30.6 Å². The van der Waals surface area contributed by atoms with Crippen LogP contribution in [0.5, 0.6) is 34.5 Å². The summed E-state index contributed by atoms with van der Waals surface area (Å²) in [6.45, 7) is 44.4. The van der Waals surface area contributed by atoms with E-state index >= 15 is 0 Å². The minimum atomic E-state index is 0.0656. The van der Waals surface area contributed by atoms with E-state index < -0.39 is 0 Å². The van der Waals surface area contributed by atoms with Crippen molar-refractivity contribution in [2.75, 3.05) is 0 Å². The molecule has 426 valence electrons. The van der Waals surface area contributed by atoms with Gasteiger partial charge < -0.3 is 30.6 Å². The fourth-order valence-corrected chi connectivity index (χ4v) is 8.31. The molecule has 0 fully saturated rings. The summed E-state index contributed by atoms with van der Waals surface area (Å²) < 4.78 is 0. The molecule has 6 aromatic carbocycles. The van der Waals surface area contributed by atoms with Gasteiger partial charge in [0.05, 0.1) is 0 Å². The average Bonchev–Trinajstić information content (AvgIpc) is 3.40. The molecule has 0 aliphatic carbocycles. The van der Waals surface area contributed by atoms with Crippen LogP contribution < -0.4 is 0 Å². The van der Waals surface area contributed by atoms with Crippen LogP contribution in [0, 0.1) is 27.7 Å². The van der Waals surface area contributed by atoms with Crippen molar-refractivity contribution in [2.24, 2.45) is 0 Å². The zero-order valence-electron chi connectivity index (χ0n) is 52.0. The van der Waals surface area contributed by atoms with Gasteiger partial charge >= 0.3 is 0 Å². The fraction of sp³-hybridized carbons (Fsp3) is 0.493. The minimum Gasteiger partial charge on any atom is -0.508 e. The van der Waals surface area contributed by atoms with Crippen molar-refractivity contribution >= 4 is 0 Å². The first-order chi connectivity index (χ1) is 36.0. The van der Waals surface area contributed by atoms with E-state index in [9.17, 15) is 30.6 Å². The molecule has 0 saturated heterocycles. The molecular formula is C71H106O6. The Hall–Kier alpha value is -5.88. The molecule has 6 N–H and O–H groups in total. The van der Waals surface area contributed by atoms with Crippen molar-refractivity contribution in [3.8, 4) is 34.5 Å². The highest BCUT2D eigenvalue weighted by Crippen LogP contribution is 2.37. The van der Waals surface area contributed by atoms with Gasteiger partial charge in [-0.2, -0.15) is 0 Å². The number of rotatable bonds is 14. The lowest BCUT2D eigenvalue weighted by Crippen LogP contribution is -2.15. The predicted molar refractivity (Wildman–Crippen MR) is 332 cm³/mol. The van der Waals surface area contributed by atoms with E-state index in [-0.39, 0.29) is 16.2 Å². The van der Waals surface area contributed by atoms with Crippen molar-refractivity contribution in [1.82, 2.24) is 0 Å². The standard InChI is InChI=1S/C13H20O.3C12H18O.2C11H16O/c1-5-10-9-11(7-8-12(10)14)13(3,4)6-2;1-5-12(3,4)10-7-6-9(2)8-11(10)13;1-5-12(3,4)10-8-6-7-9(2)11(10)13;1-4-9(3)11-6-7-12(13)10(5-2)8-11;1-4-9(3)10-6-5-8(2)7-11(10)12;1-4-8(2)10-7-5-6-9(3)11(10)12/h7-9,14H,5-6H2,1-4H3;2*6-8,13H,5H2,1-4H3;6-9,13H,4-5H2,1-3H3;5-7,9,12H,4H2,1-3H3;5-8,12H,4H2,1-3H3. The predicted octanol–water partition coefficient (Wildman–Crippen LogP) is 20.3. The van der Waals surface area contributed by atoms with Gasteiger partial charge in [0.15, 0.2) is 0 Å². The minimum absolute atomic E-state index is 0.0656. The Bertz CT molecular complexity index is 2670. The zero-order chi connectivity index (χ0) is 59.0. The first-order valence-corrected chi connectivity index (χ1v) is 28.8. The second kappa shape index (κ2) is 32.8. The summed E-state index contributed by atoms with van der Waals surface area (Å²) in [6, 6.07) is 35.5. The lowest BCUT2D eigenvalue weighted by molar-refractivity contribution is 0.425. The maximum atomic E-state index is 9.86. The van der Waals surface area contributed by atoms with E-state index in [2.05, 4.69) is 130 Å². The third kappa shape index (κ3) is 21.5. The number of benzene rings is 6. The summed E-state index contributed by atoms with van der Waals surface area (Å²) in [4.78, 5) is 0. The molecule has 0 aliphatic rings. The number of aryl methyl sites for hydroxylation is 6. The van der Waals surface area contributed by atoms with Crippen LogP contribution >= 0.6 is 0 Å². The summed E-state index contributed by atoms with van der Waals surface area (Å²) in [6.07, 6.45) is 8.24. The number of aromatic hydroxyl groups is 6. The Morgan fingerprint density at radius 3 is 1.30 bits per heavy atom. The van der Waals surface area contributed by atoms with E-state index in [1.165, 1.54) is 11.1 Å². The molecular weight excluding hydrogens is 949 g/mol. The molecule has 0 aliphatic heterocycles. The first kappa shape index (κ1) is 69.1. The first-order valence-electron chi connectivity index (χ1n) is 28.8. The number of hydrogen-bond donors (Lipinski definition) is 6. The number of hydrogen-bond acceptors (Lipinski definition) is 6. The van der Waals surface area contributed by atoms with Gasteiger partial charge in [0.2, 0.25) is 0 Å². The molecule has 0 heterocycles. The molecule has 77 heavy (non-hydrogen) atoms. The second-order valence-electron chi connectivity index (χ2n) is 23.1. The summed E-state index contributed by atoms with van der Waals surface area (Å²) in [5.74, 6) is 4.11. The summed E-state index contributed by atoms with van der Waals surface area (Å²) in [7, 11) is 0. The summed E-state index contributed by atoms with van der Waals surface area (Å²) in [5.41, 5.74) is 13.4. The van der Waals surface area contributed by atoms with Crippen molar-refractivity contribution in [3.63, 3.8) is 0 Å². The molecule has 0 amide bonds. The van der Waals surface area contributed by atoms with E-state index in [0.717, 1.165) is 107 Å². The SMILES string of the molecule is CCC(C)(C)c1ccc(C)cc1O.CCC(C)(C)c1cccc(C)c1O.CCC(C)c1ccc(C)cc1O.CCC(C)c1cccc(C)c1O.CCc1cc(C(C)(C)CC)ccc1O.CCc1cc(C(C)CC)ccc1O. The van der Waals surface area contributed by atoms with Crippen molar-refractivity contribution in [3.05, 3.63) is 176 Å². The van der Waals surface area contributed by atoms with Crippen molar-refractivity contribution < 1.29 is 30.6 Å². The maximum Gasteiger partial charge on any atom is 0.122 e. The lowest BCUT2D eigenvalue weighted by atomic mass is 9.81. The number of phenols is 6. The molecule has 0 bridgehead atoms. The van der Waals surface area contributed by atoms with Crippen LogP contribution in [0.15, 0.2) is 109 Å². The van der Waals surface area contributed by atoms with E-state index in [4.69, 9.17) is 0 Å². The fourth-order valence-electron chi connectivity index (χ4n) is 8.31. The summed E-state index contributed by atoms with van der Waals surface area (Å²) in [5, 5.41) is 58.0. The van der Waals surface area contributed by atoms with Gasteiger partial charge in [-0.1, -0.05) is 203 Å². The van der Waals surface area contributed by atoms with Crippen LogP contribution in [0.2, 0.25) is 0 Å². The van der Waals surface area contributed by atoms with Gasteiger partial charge in [-0.15, -0.1) is 0 Å². The average molecular weight is 1060 g/mol. The largest absolute Gasteiger partial charge is 0.508 e. The van der Waals surface area contributed by atoms with Crippen LogP contribution in [0.25, 0.3) is 0 Å². The van der Waals surface area contributed by atoms with Gasteiger partial charge in [0.1, 0.15) is 34.5 Å². The second-order valence-corrected chi connectivity index (χ2v) is 23.1. The normalized spacial score (nSPS) is 12.3. The van der Waals surface area contributed by atoms with Gasteiger partial charge in [-0.25, -0.2) is 0 Å². The maximum absolute atomic E-state index is 9.86. The topological polar surface area (TPSA) is 121 Å². The van der Waals surface area contributed by atoms with Crippen molar-refractivity contribution in [1.29, 1.82) is 0 Å². The monoisotopic (exact) mass is 1050 g/mol. The Labute approximate surface area is 469 Å². The molecule has 6 nitrogen and oxygen atoms in total. The zero-order valence-corrected chi connectivity index (χ0v) is 52.0. The van der Waals surface area contributed by atoms with E-state index in [1.807, 2.05) is 119 Å². The van der Waals surface area contributed by atoms with Crippen LogP contribution in [-0.2, 0) is 29.1 Å². The lowest BCUT2D eigenvalue weighted by Gasteiger charge is -2.24. The Kier molecular flexibility index (Phi) is 29.4. The van der Waals surface area contributed by atoms with Gasteiger partial charge in [0.25, 0.3) is 0 Å². The third-order valence-electron chi connectivity index (χ3n) is 16.2. The highest BCUT2D eigenvalue weighted by Gasteiger charge is 2.23. The molecule has 3 unspecified atom stereocenters. The number of para-hydroxylation sites is 2. The molecule has 6 rings (SSSR count). The Morgan fingerprint density at radius 1 is 0.377 bits per heavy atom. The highest BCUT2D eigenvalue weighted by molar-refractivity contribution is 5.45. The van der Waals surface area contributed by atoms with Crippen molar-refractivity contribution in [2.45, 2.75) is 231 Å². The third-order valence-corrected chi connectivity index (χ3v) is 16.2. The molecule has 6 aromatic rings. The Balaban J connectivity index is 0.000000462. The van der Waals surface area contributed by atoms with Crippen LogP contribution in [0.3, 0.4) is 0 Å². The van der Waals surface area contributed by atoms with Crippen LogP contribution in [0.1, 0.15) is 241 Å². The quantitative estimate of drug-likeness (QED) is 0.0646. The van der Waals surface area contributed by atoms with Gasteiger partial charge in [-0.3, -0.25) is 0 Å². The smallest absolute Gasteiger partial charge is 0.122 e. The van der Waals surface area contributed by atoms with Gasteiger partial charge in [0, 0.05) is 0 Å². The molecule has 0 aromatic heterocycles. The Morgan fingerprint density at radius 2 is 0.818 bits per heavy atom. The van der Waals surface area contributed by atoms with Crippen LogP contribution in [0.4, 0.5) is 0 Å². The molecule has 6 heteroatoms. The van der Waals surface area contributed by atoms with E-state index in [1.54, 1.807) is 6.07 Å². The molecule has 0 saturated carbocycles. The molecule has 0 radical (unpaired) electrons. The van der Waals surface area contributed by atoms with E-state index in [0.29, 0.717) is 52.3 Å². The highest BCUT2D eigenvalue weighted by atomic mass is 16.3. The molecule has 0 spiro atoms. The van der Waals surface area contributed by atoms with Gasteiger partial charge in [-0.05, 0) is 204 Å². The number of phenolic OH excluding ortho intramolecular Hbond substituents is 6.